The lowest BCUT2D eigenvalue weighted by molar-refractivity contribution is -0.385. The molecule has 0 radical (unpaired) electrons. The van der Waals surface area contributed by atoms with E-state index in [9.17, 15) is 19.3 Å². The molecule has 1 fully saturated rings. The van der Waals surface area contributed by atoms with Crippen LogP contribution in [0, 0.1) is 15.9 Å². The molecule has 130 valence electrons. The van der Waals surface area contributed by atoms with Crippen LogP contribution in [0.2, 0.25) is 0 Å². The molecule has 1 aliphatic rings. The minimum absolute atomic E-state index is 0.0979. The van der Waals surface area contributed by atoms with E-state index in [-0.39, 0.29) is 22.9 Å². The molecule has 1 aliphatic heterocycles. The Kier molecular flexibility index (Phi) is 4.60. The largest absolute Gasteiger partial charge is 0.368 e. The fourth-order valence-corrected chi connectivity index (χ4v) is 2.95. The number of nitrogens with zero attached hydrogens (tertiary/aromatic N) is 4. The van der Waals surface area contributed by atoms with Crippen molar-refractivity contribution in [1.29, 1.82) is 0 Å². The van der Waals surface area contributed by atoms with Gasteiger partial charge in [-0.25, -0.2) is 9.37 Å². The summed E-state index contributed by atoms with van der Waals surface area (Å²) in [5.41, 5.74) is 0.656. The first-order valence-corrected chi connectivity index (χ1v) is 7.87. The van der Waals surface area contributed by atoms with Crippen LogP contribution in [0.5, 0.6) is 0 Å². The highest BCUT2D eigenvalue weighted by molar-refractivity contribution is 5.99. The van der Waals surface area contributed by atoms with Gasteiger partial charge in [0.25, 0.3) is 5.69 Å². The summed E-state index contributed by atoms with van der Waals surface area (Å²) in [5, 5.41) is 11.0. The molecule has 1 aromatic heterocycles. The van der Waals surface area contributed by atoms with Crippen molar-refractivity contribution in [3.05, 3.63) is 58.0 Å². The molecule has 1 aromatic carbocycles. The van der Waals surface area contributed by atoms with Crippen molar-refractivity contribution in [2.75, 3.05) is 36.0 Å². The highest BCUT2D eigenvalue weighted by Gasteiger charge is 2.23. The highest BCUT2D eigenvalue weighted by atomic mass is 19.1. The molecule has 3 rings (SSSR count). The zero-order valence-electron chi connectivity index (χ0n) is 13.7. The molecule has 0 amide bonds. The molecular weight excluding hydrogens is 327 g/mol. The molecule has 1 saturated heterocycles. The first kappa shape index (κ1) is 16.8. The van der Waals surface area contributed by atoms with Crippen LogP contribution in [-0.4, -0.2) is 41.9 Å². The van der Waals surface area contributed by atoms with E-state index < -0.39 is 4.92 Å². The third-order valence-electron chi connectivity index (χ3n) is 4.24. The Bertz CT molecular complexity index is 819. The number of benzene rings is 1. The van der Waals surface area contributed by atoms with E-state index in [1.165, 1.54) is 19.1 Å². The van der Waals surface area contributed by atoms with Gasteiger partial charge in [-0.05, 0) is 31.2 Å². The number of aromatic nitrogens is 1. The summed E-state index contributed by atoms with van der Waals surface area (Å²) in [7, 11) is 0. The number of hydrogen-bond acceptors (Lipinski definition) is 6. The Hall–Kier alpha value is -3.03. The van der Waals surface area contributed by atoms with Gasteiger partial charge in [0.1, 0.15) is 0 Å². The number of rotatable bonds is 4. The third-order valence-corrected chi connectivity index (χ3v) is 4.24. The van der Waals surface area contributed by atoms with Gasteiger partial charge in [-0.3, -0.25) is 14.9 Å². The Morgan fingerprint density at radius 1 is 1.20 bits per heavy atom. The maximum absolute atomic E-state index is 13.8. The number of anilines is 2. The smallest absolute Gasteiger partial charge is 0.280 e. The van der Waals surface area contributed by atoms with Crippen LogP contribution in [0.25, 0.3) is 0 Å². The number of halogens is 1. The van der Waals surface area contributed by atoms with Gasteiger partial charge in [0, 0.05) is 44.1 Å². The lowest BCUT2D eigenvalue weighted by atomic mass is 10.1. The first-order chi connectivity index (χ1) is 12.0. The second-order valence-electron chi connectivity index (χ2n) is 5.80. The van der Waals surface area contributed by atoms with Gasteiger partial charge in [-0.1, -0.05) is 0 Å². The summed E-state index contributed by atoms with van der Waals surface area (Å²) in [6.07, 6.45) is 1.56. The van der Waals surface area contributed by atoms with E-state index >= 15 is 0 Å². The number of nitro groups is 1. The number of Topliss-reactive ketones (excluding diaryl/α,β-unsaturated/α-hetero) is 1. The summed E-state index contributed by atoms with van der Waals surface area (Å²) in [6, 6.07) is 7.48. The number of hydrogen-bond donors (Lipinski definition) is 0. The SMILES string of the molecule is CC(=O)c1cc(N2CCN(c3ncccc3F)CC2)ccc1[N+](=O)[O-]. The number of piperazine rings is 1. The summed E-state index contributed by atoms with van der Waals surface area (Å²) in [6.45, 7) is 3.66. The van der Waals surface area contributed by atoms with Crippen molar-refractivity contribution in [1.82, 2.24) is 4.98 Å². The summed E-state index contributed by atoms with van der Waals surface area (Å²) in [4.78, 5) is 30.1. The first-order valence-electron chi connectivity index (χ1n) is 7.87. The maximum atomic E-state index is 13.8. The Morgan fingerprint density at radius 2 is 1.88 bits per heavy atom. The lowest BCUT2D eigenvalue weighted by Gasteiger charge is -2.36. The minimum atomic E-state index is -0.553. The molecule has 2 heterocycles. The van der Waals surface area contributed by atoms with Crippen molar-refractivity contribution in [2.24, 2.45) is 0 Å². The van der Waals surface area contributed by atoms with Crippen molar-refractivity contribution in [2.45, 2.75) is 6.92 Å². The zero-order valence-corrected chi connectivity index (χ0v) is 13.7. The van der Waals surface area contributed by atoms with E-state index in [0.29, 0.717) is 32.0 Å². The number of carbonyl (C=O) groups excluding carboxylic acids is 1. The van der Waals surface area contributed by atoms with Crippen LogP contribution < -0.4 is 9.80 Å². The molecule has 0 unspecified atom stereocenters. The van der Waals surface area contributed by atoms with Crippen molar-refractivity contribution >= 4 is 23.0 Å². The van der Waals surface area contributed by atoms with Crippen LogP contribution in [0.15, 0.2) is 36.5 Å². The predicted molar refractivity (Wildman–Crippen MR) is 91.7 cm³/mol. The van der Waals surface area contributed by atoms with Gasteiger partial charge in [-0.15, -0.1) is 0 Å². The average molecular weight is 344 g/mol. The molecule has 0 aliphatic carbocycles. The quantitative estimate of drug-likeness (QED) is 0.482. The molecule has 0 bridgehead atoms. The third kappa shape index (κ3) is 3.42. The van der Waals surface area contributed by atoms with E-state index in [4.69, 9.17) is 0 Å². The van der Waals surface area contributed by atoms with Gasteiger partial charge in [0.05, 0.1) is 10.5 Å². The minimum Gasteiger partial charge on any atom is -0.368 e. The number of nitro benzene ring substituents is 1. The van der Waals surface area contributed by atoms with Crippen LogP contribution in [0.1, 0.15) is 17.3 Å². The number of carbonyl (C=O) groups is 1. The lowest BCUT2D eigenvalue weighted by Crippen LogP contribution is -2.47. The molecule has 0 saturated carbocycles. The van der Waals surface area contributed by atoms with Crippen molar-refractivity contribution in [3.8, 4) is 0 Å². The molecule has 0 N–H and O–H groups in total. The molecule has 7 nitrogen and oxygen atoms in total. The van der Waals surface area contributed by atoms with E-state index in [1.54, 1.807) is 24.4 Å². The fourth-order valence-electron chi connectivity index (χ4n) is 2.95. The standard InChI is InChI=1S/C17H17FN4O3/c1-12(23)14-11-13(4-5-16(14)22(24)25)20-7-9-21(10-8-20)17-15(18)3-2-6-19-17/h2-6,11H,7-10H2,1H3. The maximum Gasteiger partial charge on any atom is 0.280 e. The van der Waals surface area contributed by atoms with Crippen LogP contribution in [-0.2, 0) is 0 Å². The predicted octanol–water partition coefficient (Wildman–Crippen LogP) is 2.66. The second-order valence-corrected chi connectivity index (χ2v) is 5.80. The summed E-state index contributed by atoms with van der Waals surface area (Å²) < 4.78 is 13.8. The summed E-state index contributed by atoms with van der Waals surface area (Å²) in [5.74, 6) is -0.372. The van der Waals surface area contributed by atoms with Gasteiger partial charge >= 0.3 is 0 Å². The van der Waals surface area contributed by atoms with E-state index in [1.807, 2.05) is 9.80 Å². The fraction of sp³-hybridized carbons (Fsp3) is 0.294. The molecule has 2 aromatic rings. The second kappa shape index (κ2) is 6.84. The molecule has 8 heteroatoms. The Morgan fingerprint density at radius 3 is 2.48 bits per heavy atom. The van der Waals surface area contributed by atoms with Gasteiger partial charge in [0.2, 0.25) is 0 Å². The number of pyridine rings is 1. The average Bonchev–Trinajstić information content (AvgIpc) is 2.61. The summed E-state index contributed by atoms with van der Waals surface area (Å²) >= 11 is 0. The Balaban J connectivity index is 1.77. The molecule has 0 atom stereocenters. The van der Waals surface area contributed by atoms with Gasteiger partial charge < -0.3 is 9.80 Å². The van der Waals surface area contributed by atoms with Crippen LogP contribution >= 0.6 is 0 Å². The van der Waals surface area contributed by atoms with Crippen molar-refractivity contribution < 1.29 is 14.1 Å². The van der Waals surface area contributed by atoms with Gasteiger partial charge in [0.15, 0.2) is 17.4 Å². The van der Waals surface area contributed by atoms with Crippen LogP contribution in [0.3, 0.4) is 0 Å². The van der Waals surface area contributed by atoms with Crippen LogP contribution in [0.4, 0.5) is 21.6 Å². The van der Waals surface area contributed by atoms with Crippen molar-refractivity contribution in [3.63, 3.8) is 0 Å². The topological polar surface area (TPSA) is 79.6 Å². The highest BCUT2D eigenvalue weighted by Crippen LogP contribution is 2.27. The van der Waals surface area contributed by atoms with Gasteiger partial charge in [-0.2, -0.15) is 0 Å². The van der Waals surface area contributed by atoms with E-state index in [2.05, 4.69) is 4.98 Å². The monoisotopic (exact) mass is 344 g/mol. The number of ketones is 1. The molecule has 0 spiro atoms. The van der Waals surface area contributed by atoms with E-state index in [0.717, 1.165) is 5.69 Å². The zero-order chi connectivity index (χ0) is 18.0. The normalized spacial score (nSPS) is 14.5. The Labute approximate surface area is 143 Å². The molecular formula is C17H17FN4O3. The molecule has 25 heavy (non-hydrogen) atoms.